The zero-order chi connectivity index (χ0) is 15.6. The van der Waals surface area contributed by atoms with Gasteiger partial charge in [0.2, 0.25) is 0 Å². The third kappa shape index (κ3) is 4.22. The third-order valence-corrected chi connectivity index (χ3v) is 3.12. The Morgan fingerprint density at radius 1 is 1.25 bits per heavy atom. The number of carbonyl (C=O) groups excluding carboxylic acids is 1. The van der Waals surface area contributed by atoms with Crippen molar-refractivity contribution in [3.63, 3.8) is 0 Å². The maximum absolute atomic E-state index is 12.2. The number of amides is 1. The fourth-order valence-electron chi connectivity index (χ4n) is 1.51. The molecule has 0 spiro atoms. The fourth-order valence-corrected chi connectivity index (χ4v) is 1.77. The van der Waals surface area contributed by atoms with Crippen molar-refractivity contribution in [3.8, 4) is 0 Å². The minimum atomic E-state index is -5.13. The van der Waals surface area contributed by atoms with Gasteiger partial charge in [0.05, 0.1) is 0 Å². The van der Waals surface area contributed by atoms with E-state index in [0.29, 0.717) is 5.56 Å². The van der Waals surface area contributed by atoms with Crippen LogP contribution in [0.4, 0.5) is 13.2 Å². The van der Waals surface area contributed by atoms with Crippen molar-refractivity contribution >= 4 is 27.8 Å². The maximum Gasteiger partial charge on any atom is 0.471 e. The number of carbonyl (C=O) groups is 2. The second-order valence-electron chi connectivity index (χ2n) is 4.39. The first-order valence-corrected chi connectivity index (χ1v) is 6.21. The van der Waals surface area contributed by atoms with Gasteiger partial charge in [0.15, 0.2) is 0 Å². The number of rotatable bonds is 4. The summed E-state index contributed by atoms with van der Waals surface area (Å²) in [5, 5.41) is 10.6. The molecular weight excluding hydrogens is 343 g/mol. The van der Waals surface area contributed by atoms with Gasteiger partial charge in [0.25, 0.3) is 0 Å². The van der Waals surface area contributed by atoms with Crippen LogP contribution < -0.4 is 5.32 Å². The number of halogens is 4. The molecule has 0 bridgehead atoms. The first-order valence-electron chi connectivity index (χ1n) is 5.42. The normalized spacial score (nSPS) is 14.4. The smallest absolute Gasteiger partial charge is 0.471 e. The van der Waals surface area contributed by atoms with E-state index in [9.17, 15) is 22.8 Å². The lowest BCUT2D eigenvalue weighted by Crippen LogP contribution is -2.57. The molecule has 1 rings (SSSR count). The lowest BCUT2D eigenvalue weighted by Gasteiger charge is -2.26. The molecule has 1 amide bonds. The molecule has 2 N–H and O–H groups in total. The molecule has 110 valence electrons. The topological polar surface area (TPSA) is 66.4 Å². The number of aliphatic carboxylic acids is 1. The van der Waals surface area contributed by atoms with Crippen LogP contribution >= 0.6 is 15.9 Å². The molecule has 1 aromatic rings. The number of alkyl halides is 3. The van der Waals surface area contributed by atoms with Gasteiger partial charge in [-0.2, -0.15) is 13.2 Å². The lowest BCUT2D eigenvalue weighted by atomic mass is 9.92. The summed E-state index contributed by atoms with van der Waals surface area (Å²) >= 11 is 3.19. The molecule has 0 aromatic heterocycles. The molecule has 1 atom stereocenters. The van der Waals surface area contributed by atoms with Gasteiger partial charge in [-0.3, -0.25) is 4.79 Å². The molecule has 8 heteroatoms. The number of hydrogen-bond acceptors (Lipinski definition) is 2. The quantitative estimate of drug-likeness (QED) is 0.873. The van der Waals surface area contributed by atoms with E-state index >= 15 is 0 Å². The number of carboxylic acid groups (broad SMARTS) is 1. The van der Waals surface area contributed by atoms with Gasteiger partial charge in [-0.05, 0) is 24.6 Å². The van der Waals surface area contributed by atoms with Crippen molar-refractivity contribution in [1.82, 2.24) is 5.32 Å². The van der Waals surface area contributed by atoms with E-state index in [1.54, 1.807) is 24.3 Å². The van der Waals surface area contributed by atoms with Crippen molar-refractivity contribution < 1.29 is 27.9 Å². The molecule has 1 unspecified atom stereocenters. The fraction of sp³-hybridized carbons (Fsp3) is 0.333. The third-order valence-electron chi connectivity index (χ3n) is 2.59. The first kappa shape index (κ1) is 16.5. The van der Waals surface area contributed by atoms with Crippen LogP contribution in [0.25, 0.3) is 0 Å². The molecule has 0 aliphatic carbocycles. The van der Waals surface area contributed by atoms with Crippen molar-refractivity contribution in [1.29, 1.82) is 0 Å². The predicted molar refractivity (Wildman–Crippen MR) is 68.1 cm³/mol. The summed E-state index contributed by atoms with van der Waals surface area (Å²) in [6.45, 7) is 1.03. The minimum absolute atomic E-state index is 0.266. The molecule has 0 aliphatic rings. The van der Waals surface area contributed by atoms with Crippen LogP contribution in [0, 0.1) is 0 Å². The van der Waals surface area contributed by atoms with E-state index in [2.05, 4.69) is 15.9 Å². The summed E-state index contributed by atoms with van der Waals surface area (Å²) in [6, 6.07) is 6.38. The van der Waals surface area contributed by atoms with Crippen LogP contribution in [0.5, 0.6) is 0 Å². The van der Waals surface area contributed by atoms with Crippen LogP contribution in [0.3, 0.4) is 0 Å². The largest absolute Gasteiger partial charge is 0.480 e. The monoisotopic (exact) mass is 353 g/mol. The van der Waals surface area contributed by atoms with Gasteiger partial charge in [-0.1, -0.05) is 28.1 Å². The Kier molecular flexibility index (Phi) is 4.80. The summed E-state index contributed by atoms with van der Waals surface area (Å²) in [5.41, 5.74) is -1.55. The van der Waals surface area contributed by atoms with Gasteiger partial charge in [-0.25, -0.2) is 4.79 Å². The first-order chi connectivity index (χ1) is 9.04. The molecule has 0 heterocycles. The Labute approximate surface area is 121 Å². The highest BCUT2D eigenvalue weighted by Gasteiger charge is 2.45. The van der Waals surface area contributed by atoms with Gasteiger partial charge in [-0.15, -0.1) is 0 Å². The molecule has 4 nitrogen and oxygen atoms in total. The van der Waals surface area contributed by atoms with Crippen molar-refractivity contribution in [2.45, 2.75) is 25.1 Å². The van der Waals surface area contributed by atoms with Gasteiger partial charge < -0.3 is 10.4 Å². The summed E-state index contributed by atoms with van der Waals surface area (Å²) in [4.78, 5) is 22.1. The average Bonchev–Trinajstić information content (AvgIpc) is 2.30. The Hall–Kier alpha value is -1.57. The zero-order valence-corrected chi connectivity index (χ0v) is 11.9. The number of carboxylic acids is 1. The summed E-state index contributed by atoms with van der Waals surface area (Å²) in [7, 11) is 0. The molecule has 0 saturated heterocycles. The average molecular weight is 354 g/mol. The van der Waals surface area contributed by atoms with Gasteiger partial charge in [0.1, 0.15) is 5.54 Å². The molecule has 0 saturated carbocycles. The van der Waals surface area contributed by atoms with E-state index in [-0.39, 0.29) is 6.42 Å². The number of hydrogen-bond donors (Lipinski definition) is 2. The molecule has 0 radical (unpaired) electrons. The molecule has 20 heavy (non-hydrogen) atoms. The minimum Gasteiger partial charge on any atom is -0.480 e. The van der Waals surface area contributed by atoms with E-state index < -0.39 is 23.6 Å². The van der Waals surface area contributed by atoms with Crippen LogP contribution in [-0.2, 0) is 16.0 Å². The Morgan fingerprint density at radius 3 is 2.15 bits per heavy atom. The second-order valence-corrected chi connectivity index (χ2v) is 5.31. The number of nitrogens with one attached hydrogen (secondary N) is 1. The molecule has 0 aliphatic heterocycles. The predicted octanol–water partition coefficient (Wildman–Crippen LogP) is 2.51. The Bertz CT molecular complexity index is 516. The van der Waals surface area contributed by atoms with E-state index in [1.807, 2.05) is 0 Å². The lowest BCUT2D eigenvalue weighted by molar-refractivity contribution is -0.177. The summed E-state index contributed by atoms with van der Waals surface area (Å²) < 4.78 is 37.4. The molecule has 1 aromatic carbocycles. The summed E-state index contributed by atoms with van der Waals surface area (Å²) in [6.07, 6.45) is -5.39. The highest BCUT2D eigenvalue weighted by Crippen LogP contribution is 2.20. The maximum atomic E-state index is 12.2. The second kappa shape index (κ2) is 5.82. The summed E-state index contributed by atoms with van der Waals surface area (Å²) in [5.74, 6) is -3.82. The molecular formula is C12H11BrF3NO3. The van der Waals surface area contributed by atoms with Crippen molar-refractivity contribution in [2.24, 2.45) is 0 Å². The Balaban J connectivity index is 2.95. The molecule has 0 fully saturated rings. The highest BCUT2D eigenvalue weighted by atomic mass is 79.9. The van der Waals surface area contributed by atoms with Crippen molar-refractivity contribution in [2.75, 3.05) is 0 Å². The van der Waals surface area contributed by atoms with E-state index in [1.165, 1.54) is 5.32 Å². The van der Waals surface area contributed by atoms with Crippen LogP contribution in [0.15, 0.2) is 28.7 Å². The highest BCUT2D eigenvalue weighted by molar-refractivity contribution is 9.10. The SMILES string of the molecule is CC(Cc1ccc(Br)cc1)(NC(=O)C(F)(F)F)C(=O)O. The van der Waals surface area contributed by atoms with Crippen molar-refractivity contribution in [3.05, 3.63) is 34.3 Å². The number of benzene rings is 1. The zero-order valence-electron chi connectivity index (χ0n) is 10.3. The van der Waals surface area contributed by atoms with E-state index in [0.717, 1.165) is 11.4 Å². The Morgan fingerprint density at radius 2 is 1.75 bits per heavy atom. The standard InChI is InChI=1S/C12H11BrF3NO3/c1-11(10(19)20,17-9(18)12(14,15)16)6-7-2-4-8(13)5-3-7/h2-5H,6H2,1H3,(H,17,18)(H,19,20). The van der Waals surface area contributed by atoms with Gasteiger partial charge >= 0.3 is 18.1 Å². The van der Waals surface area contributed by atoms with Crippen LogP contribution in [0.2, 0.25) is 0 Å². The van der Waals surface area contributed by atoms with E-state index in [4.69, 9.17) is 5.11 Å². The van der Waals surface area contributed by atoms with Crippen LogP contribution in [0.1, 0.15) is 12.5 Å². The van der Waals surface area contributed by atoms with Crippen LogP contribution in [-0.4, -0.2) is 28.7 Å². The van der Waals surface area contributed by atoms with Gasteiger partial charge in [0, 0.05) is 10.9 Å².